The summed E-state index contributed by atoms with van der Waals surface area (Å²) in [5.74, 6) is 5.06. The van der Waals surface area contributed by atoms with Crippen molar-refractivity contribution in [2.75, 3.05) is 0 Å². The summed E-state index contributed by atoms with van der Waals surface area (Å²) in [5.41, 5.74) is 2.50. The van der Waals surface area contributed by atoms with Crippen LogP contribution in [0.25, 0.3) is 0 Å². The van der Waals surface area contributed by atoms with E-state index < -0.39 is 6.23 Å². The van der Waals surface area contributed by atoms with Gasteiger partial charge in [-0.15, -0.1) is 0 Å². The van der Waals surface area contributed by atoms with E-state index in [-0.39, 0.29) is 11.1 Å². The smallest absolute Gasteiger partial charge is 0.165 e. The third-order valence-electron chi connectivity index (χ3n) is 2.42. The molecule has 1 atom stereocenters. The first-order valence-corrected chi connectivity index (χ1v) is 8.95. The van der Waals surface area contributed by atoms with E-state index in [0.29, 0.717) is 0 Å². The van der Waals surface area contributed by atoms with Gasteiger partial charge in [-0.1, -0.05) is 26.7 Å². The number of hydrogen-bond donors (Lipinski definition) is 3. The van der Waals surface area contributed by atoms with Crippen LogP contribution in [0.5, 0.6) is 0 Å². The number of hydrazine groups is 1. The summed E-state index contributed by atoms with van der Waals surface area (Å²) >= 11 is 0. The van der Waals surface area contributed by atoms with Gasteiger partial charge in [-0.3, -0.25) is 11.3 Å². The molecular formula is C18H42N4O2. The highest BCUT2D eigenvalue weighted by molar-refractivity contribution is 5.48. The second-order valence-corrected chi connectivity index (χ2v) is 7.71. The van der Waals surface area contributed by atoms with Crippen LogP contribution in [-0.4, -0.2) is 28.7 Å². The minimum absolute atomic E-state index is 0.0694. The molecule has 0 aromatic carbocycles. The molecule has 0 saturated heterocycles. The molecule has 0 aromatic heterocycles. The van der Waals surface area contributed by atoms with Gasteiger partial charge in [0.15, 0.2) is 6.23 Å². The van der Waals surface area contributed by atoms with Crippen LogP contribution in [0.15, 0.2) is 10.2 Å². The number of aliphatic hydroxyl groups is 1. The third-order valence-corrected chi connectivity index (χ3v) is 2.42. The molecule has 0 rings (SSSR count). The number of carbonyl (C=O) groups excluding carboxylic acids is 1. The molecule has 0 aliphatic carbocycles. The predicted molar refractivity (Wildman–Crippen MR) is 103 cm³/mol. The van der Waals surface area contributed by atoms with Crippen molar-refractivity contribution in [3.05, 3.63) is 0 Å². The van der Waals surface area contributed by atoms with Gasteiger partial charge in [-0.2, -0.15) is 10.2 Å². The van der Waals surface area contributed by atoms with Crippen molar-refractivity contribution in [2.45, 2.75) is 111 Å². The largest absolute Gasteiger partial charge is 0.370 e. The molecule has 0 amide bonds. The van der Waals surface area contributed by atoms with Gasteiger partial charge in [0.1, 0.15) is 6.29 Å². The molecule has 0 fully saturated rings. The summed E-state index contributed by atoms with van der Waals surface area (Å²) in [7, 11) is 0. The van der Waals surface area contributed by atoms with Gasteiger partial charge >= 0.3 is 0 Å². The Morgan fingerprint density at radius 2 is 1.54 bits per heavy atom. The van der Waals surface area contributed by atoms with E-state index in [1.165, 1.54) is 0 Å². The van der Waals surface area contributed by atoms with E-state index in [9.17, 15) is 9.90 Å². The maximum Gasteiger partial charge on any atom is 0.165 e. The van der Waals surface area contributed by atoms with E-state index in [1.54, 1.807) is 0 Å². The molecule has 0 bridgehead atoms. The van der Waals surface area contributed by atoms with Gasteiger partial charge in [-0.25, -0.2) is 0 Å². The molecule has 0 spiro atoms. The van der Waals surface area contributed by atoms with Gasteiger partial charge in [-0.05, 0) is 60.8 Å². The van der Waals surface area contributed by atoms with Crippen molar-refractivity contribution >= 4 is 6.29 Å². The lowest BCUT2D eigenvalue weighted by Gasteiger charge is -2.14. The Labute approximate surface area is 149 Å². The van der Waals surface area contributed by atoms with Crippen LogP contribution in [0, 0.1) is 0 Å². The Morgan fingerprint density at radius 1 is 1.08 bits per heavy atom. The number of nitrogens with one attached hydrogen (secondary N) is 1. The SMILES string of the molecule is CC(C)(C)NN.CCCCC(O)N=NC(C)(C)C.CCCCC=O. The second kappa shape index (κ2) is 17.0. The third kappa shape index (κ3) is 37.4. The summed E-state index contributed by atoms with van der Waals surface area (Å²) < 4.78 is 0. The van der Waals surface area contributed by atoms with Crippen LogP contribution in [-0.2, 0) is 4.79 Å². The van der Waals surface area contributed by atoms with E-state index in [4.69, 9.17) is 5.84 Å². The molecular weight excluding hydrogens is 304 g/mol. The Kier molecular flexibility index (Phi) is 19.8. The summed E-state index contributed by atoms with van der Waals surface area (Å²) in [4.78, 5) is 9.56. The van der Waals surface area contributed by atoms with E-state index in [1.807, 2.05) is 41.5 Å². The first kappa shape index (κ1) is 28.0. The highest BCUT2D eigenvalue weighted by Gasteiger charge is 2.08. The van der Waals surface area contributed by atoms with Gasteiger partial charge in [0.25, 0.3) is 0 Å². The zero-order valence-corrected chi connectivity index (χ0v) is 17.2. The molecule has 6 nitrogen and oxygen atoms in total. The van der Waals surface area contributed by atoms with Crippen molar-refractivity contribution in [1.82, 2.24) is 5.43 Å². The lowest BCUT2D eigenvalue weighted by atomic mass is 10.1. The van der Waals surface area contributed by atoms with Gasteiger partial charge < -0.3 is 9.90 Å². The van der Waals surface area contributed by atoms with Gasteiger partial charge in [0.2, 0.25) is 0 Å². The predicted octanol–water partition coefficient (Wildman–Crippen LogP) is 4.37. The topological polar surface area (TPSA) is 100 Å². The normalized spacial score (nSPS) is 12.8. The lowest BCUT2D eigenvalue weighted by Crippen LogP contribution is -2.41. The molecule has 0 saturated carbocycles. The highest BCUT2D eigenvalue weighted by atomic mass is 16.3. The number of nitrogens with zero attached hydrogens (tertiary/aromatic N) is 2. The Balaban J connectivity index is -0.000000309. The van der Waals surface area contributed by atoms with Crippen molar-refractivity contribution in [3.8, 4) is 0 Å². The monoisotopic (exact) mass is 346 g/mol. The average Bonchev–Trinajstić information content (AvgIpc) is 2.48. The van der Waals surface area contributed by atoms with Crippen molar-refractivity contribution in [2.24, 2.45) is 16.1 Å². The number of aliphatic hydroxyl groups excluding tert-OH is 1. The average molecular weight is 347 g/mol. The van der Waals surface area contributed by atoms with Gasteiger partial charge in [0, 0.05) is 12.0 Å². The summed E-state index contributed by atoms with van der Waals surface area (Å²) in [6.07, 6.45) is 6.06. The molecule has 0 aliphatic rings. The minimum Gasteiger partial charge on any atom is -0.370 e. The Morgan fingerprint density at radius 3 is 1.79 bits per heavy atom. The minimum atomic E-state index is -0.607. The van der Waals surface area contributed by atoms with Crippen LogP contribution in [0.1, 0.15) is 93.9 Å². The highest BCUT2D eigenvalue weighted by Crippen LogP contribution is 2.09. The fourth-order valence-corrected chi connectivity index (χ4v) is 0.972. The molecule has 0 heterocycles. The van der Waals surface area contributed by atoms with Crippen molar-refractivity contribution in [1.29, 1.82) is 0 Å². The quantitative estimate of drug-likeness (QED) is 0.209. The number of azo groups is 1. The molecule has 1 unspecified atom stereocenters. The fraction of sp³-hybridized carbons (Fsp3) is 0.944. The molecule has 4 N–H and O–H groups in total. The molecule has 0 aliphatic heterocycles. The van der Waals surface area contributed by atoms with E-state index >= 15 is 0 Å². The van der Waals surface area contributed by atoms with Crippen LogP contribution in [0.4, 0.5) is 0 Å². The van der Waals surface area contributed by atoms with Crippen LogP contribution < -0.4 is 11.3 Å². The Hall–Kier alpha value is -0.850. The van der Waals surface area contributed by atoms with Crippen LogP contribution in [0.3, 0.4) is 0 Å². The first-order chi connectivity index (χ1) is 10.9. The van der Waals surface area contributed by atoms with Crippen molar-refractivity contribution in [3.63, 3.8) is 0 Å². The van der Waals surface area contributed by atoms with Crippen LogP contribution in [0.2, 0.25) is 0 Å². The number of rotatable bonds is 7. The Bertz CT molecular complexity index is 294. The molecule has 24 heavy (non-hydrogen) atoms. The number of nitrogens with two attached hydrogens (primary N) is 1. The molecule has 146 valence electrons. The number of hydrogen-bond acceptors (Lipinski definition) is 6. The second-order valence-electron chi connectivity index (χ2n) is 7.71. The number of carbonyl (C=O) groups is 1. The summed E-state index contributed by atoms with van der Waals surface area (Å²) in [5, 5.41) is 17.1. The lowest BCUT2D eigenvalue weighted by molar-refractivity contribution is -0.107. The van der Waals surface area contributed by atoms with Crippen LogP contribution >= 0.6 is 0 Å². The van der Waals surface area contributed by atoms with E-state index in [0.717, 1.165) is 44.8 Å². The standard InChI is InChI=1S/C9H20N2O.C5H10O.C4H12N2/c1-5-6-7-8(12)10-11-9(2,3)4;1-2-3-4-5-6;1-4(2,3)6-5/h8,12H,5-7H2,1-4H3;5H,2-4H2,1H3;6H,5H2,1-3H3. The van der Waals surface area contributed by atoms with Gasteiger partial charge in [0.05, 0.1) is 5.54 Å². The zero-order chi connectivity index (χ0) is 19.6. The zero-order valence-electron chi connectivity index (χ0n) is 17.2. The summed E-state index contributed by atoms with van der Waals surface area (Å²) in [6, 6.07) is 0. The fourth-order valence-electron chi connectivity index (χ4n) is 0.972. The maximum absolute atomic E-state index is 9.56. The van der Waals surface area contributed by atoms with Crippen molar-refractivity contribution < 1.29 is 9.90 Å². The number of unbranched alkanes of at least 4 members (excludes halogenated alkanes) is 3. The molecule has 0 radical (unpaired) electrons. The first-order valence-electron chi connectivity index (χ1n) is 8.95. The van der Waals surface area contributed by atoms with E-state index in [2.05, 4.69) is 29.5 Å². The maximum atomic E-state index is 9.56. The molecule has 6 heteroatoms. The number of aldehydes is 1. The molecule has 0 aromatic rings. The summed E-state index contributed by atoms with van der Waals surface area (Å²) in [6.45, 7) is 16.1.